The zero-order valence-electron chi connectivity index (χ0n) is 7.04. The van der Waals surface area contributed by atoms with Gasteiger partial charge < -0.3 is 25.5 Å². The van der Waals surface area contributed by atoms with Crippen LogP contribution in [-0.4, -0.2) is 62.1 Å². The predicted molar refractivity (Wildman–Crippen MR) is 43.0 cm³/mol. The molecule has 80 valence electrons. The van der Waals surface area contributed by atoms with Gasteiger partial charge in [0.2, 0.25) is 0 Å². The summed E-state index contributed by atoms with van der Waals surface area (Å²) in [5.74, 6) is 0. The zero-order valence-corrected chi connectivity index (χ0v) is 7.04. The molecule has 1 fully saturated rings. The normalized spacial score (nSPS) is 48.4. The summed E-state index contributed by atoms with van der Waals surface area (Å²) >= 11 is 0. The van der Waals surface area contributed by atoms with Gasteiger partial charge in [-0.15, -0.1) is 0 Å². The topological polar surface area (TPSA) is 150 Å². The van der Waals surface area contributed by atoms with Gasteiger partial charge in [-0.2, -0.15) is 0 Å². The molecule has 5 N–H and O–H groups in total. The second-order valence-corrected chi connectivity index (χ2v) is 3.15. The maximum Gasteiger partial charge on any atom is 0.111 e. The highest BCUT2D eigenvalue weighted by atomic mass is 16.4. The fraction of sp³-hybridized carbons (Fsp3) is 1.00. The molecule has 0 saturated heterocycles. The highest BCUT2D eigenvalue weighted by Gasteiger charge is 2.47. The summed E-state index contributed by atoms with van der Waals surface area (Å²) in [5.41, 5.74) is 8.10. The molecule has 0 radical (unpaired) electrons. The van der Waals surface area contributed by atoms with E-state index in [0.29, 0.717) is 0 Å². The third-order valence-electron chi connectivity index (χ3n) is 2.28. The van der Waals surface area contributed by atoms with E-state index in [-0.39, 0.29) is 0 Å². The minimum absolute atomic E-state index is 1.37. The average Bonchev–Trinajstić information content (AvgIpc) is 2.19. The molecule has 0 amide bonds. The van der Waals surface area contributed by atoms with Crippen molar-refractivity contribution in [2.45, 2.75) is 36.6 Å². The number of aliphatic hydroxyl groups excluding tert-OH is 5. The molecule has 0 aromatic heterocycles. The molecule has 0 heterocycles. The van der Waals surface area contributed by atoms with Crippen LogP contribution in [0.3, 0.4) is 0 Å². The number of azide groups is 1. The monoisotopic (exact) mass is 205 g/mol. The minimum Gasteiger partial charge on any atom is -0.390 e. The molecule has 8 heteroatoms. The summed E-state index contributed by atoms with van der Waals surface area (Å²) in [5, 5.41) is 49.1. The lowest BCUT2D eigenvalue weighted by Crippen LogP contribution is -2.62. The van der Waals surface area contributed by atoms with E-state index in [1.807, 2.05) is 0 Å². The number of hydrogen-bond acceptors (Lipinski definition) is 6. The van der Waals surface area contributed by atoms with Crippen molar-refractivity contribution in [3.63, 3.8) is 0 Å². The van der Waals surface area contributed by atoms with Gasteiger partial charge >= 0.3 is 0 Å². The molecule has 0 aromatic carbocycles. The van der Waals surface area contributed by atoms with Gasteiger partial charge in [-0.05, 0) is 5.53 Å². The third kappa shape index (κ3) is 1.67. The molecule has 0 spiro atoms. The third-order valence-corrected chi connectivity index (χ3v) is 2.28. The first kappa shape index (κ1) is 11.2. The molecule has 1 rings (SSSR count). The summed E-state index contributed by atoms with van der Waals surface area (Å²) in [6, 6.07) is -1.37. The van der Waals surface area contributed by atoms with E-state index in [9.17, 15) is 20.4 Å². The average molecular weight is 205 g/mol. The molecule has 0 aromatic rings. The smallest absolute Gasteiger partial charge is 0.111 e. The van der Waals surface area contributed by atoms with Crippen LogP contribution in [0, 0.1) is 0 Å². The van der Waals surface area contributed by atoms with Crippen LogP contribution in [0.25, 0.3) is 10.4 Å². The van der Waals surface area contributed by atoms with E-state index < -0.39 is 36.6 Å². The van der Waals surface area contributed by atoms with Crippen molar-refractivity contribution < 1.29 is 25.5 Å². The summed E-state index contributed by atoms with van der Waals surface area (Å²) in [6.45, 7) is 0. The highest BCUT2D eigenvalue weighted by Crippen LogP contribution is 2.23. The molecule has 1 aliphatic carbocycles. The highest BCUT2D eigenvalue weighted by molar-refractivity contribution is 5.02. The van der Waals surface area contributed by atoms with Crippen LogP contribution in [0.5, 0.6) is 0 Å². The second-order valence-electron chi connectivity index (χ2n) is 3.15. The van der Waals surface area contributed by atoms with Crippen LogP contribution >= 0.6 is 0 Å². The SMILES string of the molecule is [N-]=[N+]=NC1C(O)C(O)C(O)[C@@H](O)[C@@H]1O. The van der Waals surface area contributed by atoms with Crippen molar-refractivity contribution in [3.8, 4) is 0 Å². The summed E-state index contributed by atoms with van der Waals surface area (Å²) in [7, 11) is 0. The Kier molecular flexibility index (Phi) is 3.27. The molecule has 14 heavy (non-hydrogen) atoms. The minimum atomic E-state index is -1.66. The van der Waals surface area contributed by atoms with Gasteiger partial charge in [-0.1, -0.05) is 5.11 Å². The molecule has 0 bridgehead atoms. The predicted octanol–water partition coefficient (Wildman–Crippen LogP) is -2.52. The molecule has 1 aliphatic rings. The number of nitrogens with zero attached hydrogens (tertiary/aromatic N) is 3. The number of aliphatic hydroxyl groups is 5. The fourth-order valence-corrected chi connectivity index (χ4v) is 1.41. The van der Waals surface area contributed by atoms with E-state index in [1.54, 1.807) is 0 Å². The van der Waals surface area contributed by atoms with Gasteiger partial charge in [0.15, 0.2) is 0 Å². The maximum atomic E-state index is 9.28. The standard InChI is InChI=1S/C6H11N3O5/c7-9-8-1-2(10)4(12)6(14)5(13)3(1)11/h1-6,10-14H/t1?,2-,3?,4+,5?,6?/m1/s1. The van der Waals surface area contributed by atoms with Crippen LogP contribution in [0.15, 0.2) is 5.11 Å². The summed E-state index contributed by atoms with van der Waals surface area (Å²) < 4.78 is 0. The Labute approximate surface area is 78.7 Å². The Morgan fingerprint density at radius 1 is 0.786 bits per heavy atom. The lowest BCUT2D eigenvalue weighted by atomic mass is 9.84. The lowest BCUT2D eigenvalue weighted by Gasteiger charge is -2.39. The Bertz CT molecular complexity index is 240. The van der Waals surface area contributed by atoms with Crippen LogP contribution in [0.2, 0.25) is 0 Å². The first-order valence-corrected chi connectivity index (χ1v) is 3.95. The van der Waals surface area contributed by atoms with E-state index >= 15 is 0 Å². The zero-order chi connectivity index (χ0) is 10.9. The van der Waals surface area contributed by atoms with Crippen molar-refractivity contribution in [1.29, 1.82) is 0 Å². The Morgan fingerprint density at radius 3 is 1.50 bits per heavy atom. The molecular weight excluding hydrogens is 194 g/mol. The molecule has 8 nitrogen and oxygen atoms in total. The molecule has 4 unspecified atom stereocenters. The lowest BCUT2D eigenvalue weighted by molar-refractivity contribution is -0.184. The van der Waals surface area contributed by atoms with E-state index in [1.165, 1.54) is 0 Å². The fourth-order valence-electron chi connectivity index (χ4n) is 1.41. The van der Waals surface area contributed by atoms with Gasteiger partial charge in [0.05, 0.1) is 18.2 Å². The number of rotatable bonds is 1. The van der Waals surface area contributed by atoms with Gasteiger partial charge in [0.1, 0.15) is 18.3 Å². The molecule has 6 atom stereocenters. The van der Waals surface area contributed by atoms with Crippen molar-refractivity contribution in [2.75, 3.05) is 0 Å². The van der Waals surface area contributed by atoms with Gasteiger partial charge in [0, 0.05) is 4.91 Å². The van der Waals surface area contributed by atoms with Crippen LogP contribution in [-0.2, 0) is 0 Å². The van der Waals surface area contributed by atoms with Crippen LogP contribution in [0.4, 0.5) is 0 Å². The summed E-state index contributed by atoms with van der Waals surface area (Å²) in [4.78, 5) is 2.36. The Hall–Kier alpha value is -0.890. The van der Waals surface area contributed by atoms with Crippen molar-refractivity contribution in [3.05, 3.63) is 10.4 Å². The summed E-state index contributed by atoms with van der Waals surface area (Å²) in [6.07, 6.45) is -8.16. The van der Waals surface area contributed by atoms with Crippen LogP contribution in [0.1, 0.15) is 0 Å². The van der Waals surface area contributed by atoms with E-state index in [4.69, 9.17) is 10.6 Å². The van der Waals surface area contributed by atoms with Crippen molar-refractivity contribution in [2.24, 2.45) is 5.11 Å². The first-order valence-electron chi connectivity index (χ1n) is 3.95. The van der Waals surface area contributed by atoms with Crippen LogP contribution < -0.4 is 0 Å². The molecule has 0 aliphatic heterocycles. The van der Waals surface area contributed by atoms with Gasteiger partial charge in [0.25, 0.3) is 0 Å². The van der Waals surface area contributed by atoms with E-state index in [0.717, 1.165) is 0 Å². The van der Waals surface area contributed by atoms with Crippen molar-refractivity contribution in [1.82, 2.24) is 0 Å². The van der Waals surface area contributed by atoms with Crippen molar-refractivity contribution >= 4 is 0 Å². The molecular formula is C6H11N3O5. The Balaban J connectivity index is 2.91. The maximum absolute atomic E-state index is 9.28. The van der Waals surface area contributed by atoms with Gasteiger partial charge in [-0.3, -0.25) is 0 Å². The van der Waals surface area contributed by atoms with Gasteiger partial charge in [-0.25, -0.2) is 0 Å². The number of hydrogen-bond donors (Lipinski definition) is 5. The molecule has 1 saturated carbocycles. The second kappa shape index (κ2) is 4.09. The quantitative estimate of drug-likeness (QED) is 0.182. The largest absolute Gasteiger partial charge is 0.390 e. The van der Waals surface area contributed by atoms with E-state index in [2.05, 4.69) is 10.0 Å². The first-order chi connectivity index (χ1) is 6.50. The Morgan fingerprint density at radius 2 is 1.14 bits per heavy atom.